The highest BCUT2D eigenvalue weighted by atomic mass is 16.6. The molecule has 0 aromatic heterocycles. The second-order valence-electron chi connectivity index (χ2n) is 6.62. The highest BCUT2D eigenvalue weighted by Gasteiger charge is 2.08. The molecule has 0 radical (unpaired) electrons. The first-order valence-electron chi connectivity index (χ1n) is 9.62. The van der Waals surface area contributed by atoms with Crippen molar-refractivity contribution in [1.82, 2.24) is 10.7 Å². The predicted molar refractivity (Wildman–Crippen MR) is 118 cm³/mol. The first kappa shape index (κ1) is 22.2. The predicted octanol–water partition coefficient (Wildman–Crippen LogP) is 3.05. The van der Waals surface area contributed by atoms with Crippen LogP contribution in [-0.2, 0) is 11.3 Å². The lowest BCUT2D eigenvalue weighted by Gasteiger charge is -2.08. The fraction of sp³-hybridized carbons (Fsp3) is 0.0870. The van der Waals surface area contributed by atoms with E-state index in [0.717, 1.165) is 5.56 Å². The van der Waals surface area contributed by atoms with Crippen LogP contribution in [0.3, 0.4) is 0 Å². The molecule has 3 aromatic carbocycles. The van der Waals surface area contributed by atoms with Gasteiger partial charge in [-0.15, -0.1) is 0 Å². The van der Waals surface area contributed by atoms with Gasteiger partial charge in [-0.05, 0) is 47.5 Å². The first-order valence-corrected chi connectivity index (χ1v) is 9.62. The third-order valence-electron chi connectivity index (χ3n) is 4.30. The summed E-state index contributed by atoms with van der Waals surface area (Å²) in [6.07, 6.45) is 1.44. The van der Waals surface area contributed by atoms with Gasteiger partial charge in [0.2, 0.25) is 0 Å². The molecule has 0 atom stereocenters. The molecule has 3 aromatic rings. The van der Waals surface area contributed by atoms with Crippen LogP contribution in [0.1, 0.15) is 21.5 Å². The molecule has 0 aliphatic rings. The van der Waals surface area contributed by atoms with E-state index in [2.05, 4.69) is 15.8 Å². The van der Waals surface area contributed by atoms with Crippen LogP contribution in [0.25, 0.3) is 0 Å². The molecular formula is C23H20N4O5. The average molecular weight is 432 g/mol. The Kier molecular flexibility index (Phi) is 7.63. The molecule has 32 heavy (non-hydrogen) atoms. The lowest BCUT2D eigenvalue weighted by molar-refractivity contribution is -0.384. The summed E-state index contributed by atoms with van der Waals surface area (Å²) in [6.45, 7) is 0.329. The van der Waals surface area contributed by atoms with E-state index in [4.69, 9.17) is 4.74 Å². The molecule has 0 aliphatic carbocycles. The number of non-ortho nitro benzene ring substituents is 1. The molecule has 0 heterocycles. The number of hydrogen-bond donors (Lipinski definition) is 2. The van der Waals surface area contributed by atoms with Crippen molar-refractivity contribution in [2.45, 2.75) is 6.54 Å². The van der Waals surface area contributed by atoms with Gasteiger partial charge in [0, 0.05) is 24.2 Å². The maximum Gasteiger partial charge on any atom is 0.271 e. The van der Waals surface area contributed by atoms with Gasteiger partial charge in [-0.1, -0.05) is 30.3 Å². The van der Waals surface area contributed by atoms with E-state index in [-0.39, 0.29) is 23.8 Å². The van der Waals surface area contributed by atoms with E-state index in [1.807, 2.05) is 30.3 Å². The largest absolute Gasteiger partial charge is 0.484 e. The van der Waals surface area contributed by atoms with Crippen molar-refractivity contribution in [2.75, 3.05) is 6.61 Å². The second kappa shape index (κ2) is 11.0. The number of carbonyl (C=O) groups excluding carboxylic acids is 2. The zero-order chi connectivity index (χ0) is 22.8. The summed E-state index contributed by atoms with van der Waals surface area (Å²) in [5.41, 5.74) is 4.22. The van der Waals surface area contributed by atoms with Crippen LogP contribution in [0.15, 0.2) is 84.0 Å². The molecular weight excluding hydrogens is 412 g/mol. The van der Waals surface area contributed by atoms with Crippen LogP contribution < -0.4 is 15.5 Å². The molecule has 2 N–H and O–H groups in total. The molecule has 0 bridgehead atoms. The van der Waals surface area contributed by atoms with Gasteiger partial charge in [-0.2, -0.15) is 5.10 Å². The lowest BCUT2D eigenvalue weighted by Crippen LogP contribution is -2.28. The van der Waals surface area contributed by atoms with Crippen molar-refractivity contribution < 1.29 is 19.2 Å². The highest BCUT2D eigenvalue weighted by molar-refractivity contribution is 5.95. The molecule has 9 heteroatoms. The lowest BCUT2D eigenvalue weighted by atomic mass is 10.2. The van der Waals surface area contributed by atoms with E-state index < -0.39 is 10.8 Å². The van der Waals surface area contributed by atoms with Gasteiger partial charge < -0.3 is 10.1 Å². The monoisotopic (exact) mass is 432 g/mol. The standard InChI is InChI=1S/C23H20N4O5/c28-22(24-14-17-4-2-1-3-5-17)16-32-21-12-6-18(7-13-21)15-25-26-23(29)19-8-10-20(11-9-19)27(30)31/h1-13,15H,14,16H2,(H,24,28)(H,26,29)/b25-15-. The number of nitrogens with one attached hydrogen (secondary N) is 2. The molecule has 0 spiro atoms. The number of nitrogens with zero attached hydrogens (tertiary/aromatic N) is 2. The molecule has 2 amide bonds. The third-order valence-corrected chi connectivity index (χ3v) is 4.30. The van der Waals surface area contributed by atoms with Crippen molar-refractivity contribution in [1.29, 1.82) is 0 Å². The summed E-state index contributed by atoms with van der Waals surface area (Å²) in [7, 11) is 0. The topological polar surface area (TPSA) is 123 Å². The fourth-order valence-electron chi connectivity index (χ4n) is 2.61. The van der Waals surface area contributed by atoms with Gasteiger partial charge in [0.25, 0.3) is 17.5 Å². The van der Waals surface area contributed by atoms with Crippen molar-refractivity contribution in [3.63, 3.8) is 0 Å². The maximum atomic E-state index is 12.0. The second-order valence-corrected chi connectivity index (χ2v) is 6.62. The summed E-state index contributed by atoms with van der Waals surface area (Å²) in [5.74, 6) is -0.196. The van der Waals surface area contributed by atoms with Gasteiger partial charge in [-0.25, -0.2) is 5.43 Å². The van der Waals surface area contributed by atoms with Crippen LogP contribution in [0.2, 0.25) is 0 Å². The Bertz CT molecular complexity index is 1100. The summed E-state index contributed by atoms with van der Waals surface area (Å²) < 4.78 is 5.46. The molecule has 9 nitrogen and oxygen atoms in total. The number of hydrogen-bond acceptors (Lipinski definition) is 6. The normalized spacial score (nSPS) is 10.5. The van der Waals surface area contributed by atoms with Crippen molar-refractivity contribution in [3.05, 3.63) is 106 Å². The van der Waals surface area contributed by atoms with Crippen molar-refractivity contribution in [2.24, 2.45) is 5.10 Å². The Labute approximate surface area is 183 Å². The molecule has 0 saturated carbocycles. The molecule has 3 rings (SSSR count). The first-order chi connectivity index (χ1) is 15.5. The van der Waals surface area contributed by atoms with Crippen LogP contribution >= 0.6 is 0 Å². The highest BCUT2D eigenvalue weighted by Crippen LogP contribution is 2.12. The summed E-state index contributed by atoms with van der Waals surface area (Å²) in [4.78, 5) is 34.0. The third kappa shape index (κ3) is 6.77. The number of amides is 2. The number of nitro benzene ring substituents is 1. The Morgan fingerprint density at radius 3 is 2.31 bits per heavy atom. The summed E-state index contributed by atoms with van der Waals surface area (Å²) in [5, 5.41) is 17.3. The van der Waals surface area contributed by atoms with Gasteiger partial charge in [0.05, 0.1) is 11.1 Å². The fourth-order valence-corrected chi connectivity index (χ4v) is 2.61. The Balaban J connectivity index is 1.42. The van der Waals surface area contributed by atoms with Gasteiger partial charge >= 0.3 is 0 Å². The molecule has 162 valence electrons. The smallest absolute Gasteiger partial charge is 0.271 e. The maximum absolute atomic E-state index is 12.0. The summed E-state index contributed by atoms with van der Waals surface area (Å²) >= 11 is 0. The van der Waals surface area contributed by atoms with E-state index in [1.54, 1.807) is 24.3 Å². The Morgan fingerprint density at radius 1 is 0.969 bits per heavy atom. The SMILES string of the molecule is O=C(COc1ccc(/C=N\NC(=O)c2ccc([N+](=O)[O-])cc2)cc1)NCc1ccccc1. The Morgan fingerprint density at radius 2 is 1.66 bits per heavy atom. The molecule has 0 fully saturated rings. The number of benzene rings is 3. The van der Waals surface area contributed by atoms with Crippen LogP contribution in [0.5, 0.6) is 5.75 Å². The van der Waals surface area contributed by atoms with E-state index in [1.165, 1.54) is 30.5 Å². The van der Waals surface area contributed by atoms with E-state index in [9.17, 15) is 19.7 Å². The number of ether oxygens (including phenoxy) is 1. The number of carbonyl (C=O) groups is 2. The minimum atomic E-state index is -0.537. The zero-order valence-corrected chi connectivity index (χ0v) is 16.9. The van der Waals surface area contributed by atoms with Crippen LogP contribution in [0.4, 0.5) is 5.69 Å². The van der Waals surface area contributed by atoms with Crippen LogP contribution in [-0.4, -0.2) is 29.6 Å². The molecule has 0 saturated heterocycles. The molecule has 0 unspecified atom stereocenters. The van der Waals surface area contributed by atoms with E-state index in [0.29, 0.717) is 17.9 Å². The number of rotatable bonds is 9. The molecule has 0 aliphatic heterocycles. The number of hydrazone groups is 1. The average Bonchev–Trinajstić information content (AvgIpc) is 2.83. The van der Waals surface area contributed by atoms with Crippen molar-refractivity contribution in [3.8, 4) is 5.75 Å². The van der Waals surface area contributed by atoms with Gasteiger partial charge in [-0.3, -0.25) is 19.7 Å². The van der Waals surface area contributed by atoms with Gasteiger partial charge in [0.15, 0.2) is 6.61 Å². The zero-order valence-electron chi connectivity index (χ0n) is 16.9. The summed E-state index contributed by atoms with van der Waals surface area (Å²) in [6, 6.07) is 21.6. The van der Waals surface area contributed by atoms with Crippen molar-refractivity contribution >= 4 is 23.7 Å². The van der Waals surface area contributed by atoms with Gasteiger partial charge in [0.1, 0.15) is 5.75 Å². The minimum absolute atomic E-state index is 0.0963. The quantitative estimate of drug-likeness (QED) is 0.306. The van der Waals surface area contributed by atoms with E-state index >= 15 is 0 Å². The minimum Gasteiger partial charge on any atom is -0.484 e. The Hall–Kier alpha value is -4.53. The van der Waals surface area contributed by atoms with Crippen LogP contribution in [0, 0.1) is 10.1 Å². The number of nitro groups is 1.